The minimum absolute atomic E-state index is 0.706. The highest BCUT2D eigenvalue weighted by molar-refractivity contribution is 7.98. The number of carbonyl (C=O) groups is 1. The van der Waals surface area contributed by atoms with Crippen molar-refractivity contribution >= 4 is 29.0 Å². The number of para-hydroxylation sites is 1. The highest BCUT2D eigenvalue weighted by Crippen LogP contribution is 2.26. The average molecular weight is 282 g/mol. The minimum atomic E-state index is 0.706. The second kappa shape index (κ2) is 5.51. The van der Waals surface area contributed by atoms with E-state index in [1.165, 1.54) is 5.39 Å². The van der Waals surface area contributed by atoms with Crippen LogP contribution in [0, 0.1) is 0 Å². The first-order valence-electron chi connectivity index (χ1n) is 6.36. The van der Waals surface area contributed by atoms with Crippen LogP contribution in [0.15, 0.2) is 53.4 Å². The van der Waals surface area contributed by atoms with Gasteiger partial charge in [0.25, 0.3) is 0 Å². The first-order chi connectivity index (χ1) is 9.78. The van der Waals surface area contributed by atoms with E-state index in [2.05, 4.69) is 17.2 Å². The molecule has 0 aliphatic rings. The number of aryl methyl sites for hydroxylation is 1. The van der Waals surface area contributed by atoms with E-state index < -0.39 is 0 Å². The van der Waals surface area contributed by atoms with Gasteiger partial charge >= 0.3 is 0 Å². The minimum Gasteiger partial charge on any atom is -0.298 e. The van der Waals surface area contributed by atoms with Gasteiger partial charge in [0.2, 0.25) is 0 Å². The molecule has 1 aromatic heterocycles. The highest BCUT2D eigenvalue weighted by Gasteiger charge is 2.08. The van der Waals surface area contributed by atoms with Crippen LogP contribution in [0.5, 0.6) is 0 Å². The molecule has 0 N–H and O–H groups in total. The number of rotatable bonds is 4. The van der Waals surface area contributed by atoms with Crippen molar-refractivity contribution in [3.63, 3.8) is 0 Å². The van der Waals surface area contributed by atoms with Crippen LogP contribution < -0.4 is 0 Å². The molecule has 3 nitrogen and oxygen atoms in total. The Morgan fingerprint density at radius 1 is 1.15 bits per heavy atom. The van der Waals surface area contributed by atoms with Crippen LogP contribution in [0.1, 0.15) is 16.1 Å². The molecule has 0 atom stereocenters. The number of hydrogen-bond acceptors (Lipinski definition) is 3. The van der Waals surface area contributed by atoms with Crippen LogP contribution in [-0.2, 0) is 12.8 Å². The molecule has 3 aromatic rings. The van der Waals surface area contributed by atoms with Crippen molar-refractivity contribution in [2.45, 2.75) is 10.6 Å². The lowest BCUT2D eigenvalue weighted by Gasteiger charge is -2.00. The number of fused-ring (bicyclic) bond motifs is 1. The maximum absolute atomic E-state index is 10.6. The van der Waals surface area contributed by atoms with E-state index >= 15 is 0 Å². The van der Waals surface area contributed by atoms with Crippen LogP contribution in [0.4, 0.5) is 0 Å². The van der Waals surface area contributed by atoms with Crippen molar-refractivity contribution < 1.29 is 4.79 Å². The van der Waals surface area contributed by atoms with Crippen LogP contribution in [0.2, 0.25) is 0 Å². The molecule has 0 saturated carbocycles. The van der Waals surface area contributed by atoms with E-state index in [4.69, 9.17) is 0 Å². The number of nitrogens with zero attached hydrogens (tertiary/aromatic N) is 2. The molecule has 100 valence electrons. The number of hydrogen-bond donors (Lipinski definition) is 0. The van der Waals surface area contributed by atoms with Crippen molar-refractivity contribution in [1.82, 2.24) is 9.78 Å². The summed E-state index contributed by atoms with van der Waals surface area (Å²) in [5, 5.41) is 5.78. The van der Waals surface area contributed by atoms with Gasteiger partial charge in [0.05, 0.1) is 11.2 Å². The molecule has 1 heterocycles. The van der Waals surface area contributed by atoms with Gasteiger partial charge in [-0.25, -0.2) is 0 Å². The number of aromatic nitrogens is 2. The average Bonchev–Trinajstić information content (AvgIpc) is 2.83. The Hall–Kier alpha value is -2.07. The Balaban J connectivity index is 1.81. The van der Waals surface area contributed by atoms with Gasteiger partial charge in [-0.05, 0) is 18.2 Å². The predicted molar refractivity (Wildman–Crippen MR) is 82.1 cm³/mol. The first kappa shape index (κ1) is 12.9. The van der Waals surface area contributed by atoms with E-state index in [0.29, 0.717) is 5.56 Å². The summed E-state index contributed by atoms with van der Waals surface area (Å²) in [6.07, 6.45) is 0.862. The van der Waals surface area contributed by atoms with Gasteiger partial charge < -0.3 is 0 Å². The number of thioether (sulfide) groups is 1. The Kier molecular flexibility index (Phi) is 3.56. The molecule has 0 saturated heterocycles. The fourth-order valence-electron chi connectivity index (χ4n) is 2.19. The van der Waals surface area contributed by atoms with Crippen LogP contribution >= 0.6 is 11.8 Å². The lowest BCUT2D eigenvalue weighted by Crippen LogP contribution is -1.90. The summed E-state index contributed by atoms with van der Waals surface area (Å²) < 4.78 is 1.92. The van der Waals surface area contributed by atoms with Gasteiger partial charge in [-0.1, -0.05) is 30.3 Å². The van der Waals surface area contributed by atoms with Gasteiger partial charge in [0.15, 0.2) is 0 Å². The van der Waals surface area contributed by atoms with E-state index in [1.807, 2.05) is 48.1 Å². The van der Waals surface area contributed by atoms with Crippen LogP contribution in [0.25, 0.3) is 10.9 Å². The van der Waals surface area contributed by atoms with E-state index in [1.54, 1.807) is 11.8 Å². The Morgan fingerprint density at radius 3 is 2.65 bits per heavy atom. The van der Waals surface area contributed by atoms with Gasteiger partial charge in [0.1, 0.15) is 6.29 Å². The van der Waals surface area contributed by atoms with E-state index in [9.17, 15) is 4.79 Å². The molecule has 20 heavy (non-hydrogen) atoms. The van der Waals surface area contributed by atoms with Crippen molar-refractivity contribution in [3.8, 4) is 0 Å². The third-order valence-electron chi connectivity index (χ3n) is 3.23. The number of benzene rings is 2. The second-order valence-electron chi connectivity index (χ2n) is 4.56. The molecule has 0 radical (unpaired) electrons. The molecule has 3 rings (SSSR count). The first-order valence-corrected chi connectivity index (χ1v) is 7.35. The SMILES string of the molecule is Cn1nc(CSc2ccc(C=O)cc2)c2ccccc21. The van der Waals surface area contributed by atoms with Crippen LogP contribution in [0.3, 0.4) is 0 Å². The summed E-state index contributed by atoms with van der Waals surface area (Å²) in [5.74, 6) is 0.821. The zero-order valence-corrected chi connectivity index (χ0v) is 11.9. The van der Waals surface area contributed by atoms with Crippen molar-refractivity contribution in [1.29, 1.82) is 0 Å². The van der Waals surface area contributed by atoms with Gasteiger partial charge in [0, 0.05) is 28.6 Å². The zero-order chi connectivity index (χ0) is 13.9. The molecule has 0 aliphatic carbocycles. The summed E-state index contributed by atoms with van der Waals surface area (Å²) in [6.45, 7) is 0. The standard InChI is InChI=1S/C16H14N2OS/c1-18-16-5-3-2-4-14(16)15(17-18)11-20-13-8-6-12(10-19)7-9-13/h2-10H,11H2,1H3. The smallest absolute Gasteiger partial charge is 0.150 e. The lowest BCUT2D eigenvalue weighted by molar-refractivity contribution is 0.112. The molecule has 4 heteroatoms. The summed E-state index contributed by atoms with van der Waals surface area (Å²) in [4.78, 5) is 11.8. The van der Waals surface area contributed by atoms with E-state index in [-0.39, 0.29) is 0 Å². The second-order valence-corrected chi connectivity index (χ2v) is 5.61. The monoisotopic (exact) mass is 282 g/mol. The molecular weight excluding hydrogens is 268 g/mol. The molecule has 0 unspecified atom stereocenters. The van der Waals surface area contributed by atoms with Gasteiger partial charge in [-0.3, -0.25) is 9.48 Å². The fourth-order valence-corrected chi connectivity index (χ4v) is 3.03. The third kappa shape index (κ3) is 2.47. The summed E-state index contributed by atoms with van der Waals surface area (Å²) >= 11 is 1.73. The maximum atomic E-state index is 10.6. The zero-order valence-electron chi connectivity index (χ0n) is 11.1. The molecule has 0 bridgehead atoms. The summed E-state index contributed by atoms with van der Waals surface area (Å²) in [7, 11) is 1.97. The maximum Gasteiger partial charge on any atom is 0.150 e. The number of carbonyl (C=O) groups excluding carboxylic acids is 1. The molecule has 0 spiro atoms. The van der Waals surface area contributed by atoms with Gasteiger partial charge in [-0.15, -0.1) is 11.8 Å². The Bertz CT molecular complexity index is 747. The Labute approximate surface area is 121 Å². The molecular formula is C16H14N2OS. The lowest BCUT2D eigenvalue weighted by atomic mass is 10.2. The third-order valence-corrected chi connectivity index (χ3v) is 4.25. The largest absolute Gasteiger partial charge is 0.298 e. The van der Waals surface area contributed by atoms with Crippen molar-refractivity contribution in [2.24, 2.45) is 7.05 Å². The topological polar surface area (TPSA) is 34.9 Å². The fraction of sp³-hybridized carbons (Fsp3) is 0.125. The van der Waals surface area contributed by atoms with E-state index in [0.717, 1.165) is 28.1 Å². The normalized spacial score (nSPS) is 10.8. The van der Waals surface area contributed by atoms with Crippen molar-refractivity contribution in [2.75, 3.05) is 0 Å². The Morgan fingerprint density at radius 2 is 1.90 bits per heavy atom. The summed E-state index contributed by atoms with van der Waals surface area (Å²) in [5.41, 5.74) is 2.95. The van der Waals surface area contributed by atoms with Crippen molar-refractivity contribution in [3.05, 3.63) is 59.8 Å². The number of aldehydes is 1. The molecule has 0 aliphatic heterocycles. The summed E-state index contributed by atoms with van der Waals surface area (Å²) in [6, 6.07) is 15.9. The highest BCUT2D eigenvalue weighted by atomic mass is 32.2. The quantitative estimate of drug-likeness (QED) is 0.541. The molecule has 0 amide bonds. The molecule has 2 aromatic carbocycles. The predicted octanol–water partition coefficient (Wildman–Crippen LogP) is 3.68. The molecule has 0 fully saturated rings. The van der Waals surface area contributed by atoms with Gasteiger partial charge in [-0.2, -0.15) is 5.10 Å². The van der Waals surface area contributed by atoms with Crippen LogP contribution in [-0.4, -0.2) is 16.1 Å².